The predicted octanol–water partition coefficient (Wildman–Crippen LogP) is 2.63. The molecule has 0 aromatic heterocycles. The molecular weight excluding hydrogens is 268 g/mol. The van der Waals surface area contributed by atoms with Crippen LogP contribution in [0.2, 0.25) is 0 Å². The highest BCUT2D eigenvalue weighted by Gasteiger charge is 2.31. The van der Waals surface area contributed by atoms with Crippen LogP contribution in [0, 0.1) is 12.8 Å². The maximum absolute atomic E-state index is 12.5. The molecule has 2 N–H and O–H groups in total. The number of hydrogen-bond donors (Lipinski definition) is 2. The molecule has 1 fully saturated rings. The minimum atomic E-state index is -0.145. The van der Waals surface area contributed by atoms with E-state index < -0.39 is 0 Å². The molecule has 5 heteroatoms. The van der Waals surface area contributed by atoms with E-state index in [0.29, 0.717) is 12.5 Å². The Morgan fingerprint density at radius 2 is 2.29 bits per heavy atom. The third kappa shape index (κ3) is 3.47. The fourth-order valence-electron chi connectivity index (χ4n) is 2.87. The number of methoxy groups -OCH3 is 1. The SMILES string of the molecule is COc1ccc(NC(=O)N2CCCC(C)C2CO)c(C)c1. The van der Waals surface area contributed by atoms with Crippen LogP contribution in [-0.4, -0.2) is 42.3 Å². The van der Waals surface area contributed by atoms with Crippen molar-refractivity contribution in [3.8, 4) is 5.75 Å². The minimum absolute atomic E-state index is 0.0101. The van der Waals surface area contributed by atoms with E-state index in [0.717, 1.165) is 29.8 Å². The van der Waals surface area contributed by atoms with E-state index in [9.17, 15) is 9.90 Å². The third-order valence-electron chi connectivity index (χ3n) is 4.24. The van der Waals surface area contributed by atoms with E-state index in [1.165, 1.54) is 0 Å². The zero-order valence-electron chi connectivity index (χ0n) is 12.9. The average Bonchev–Trinajstić information content (AvgIpc) is 2.48. The Morgan fingerprint density at radius 1 is 1.52 bits per heavy atom. The van der Waals surface area contributed by atoms with Gasteiger partial charge in [-0.3, -0.25) is 0 Å². The molecule has 1 saturated heterocycles. The van der Waals surface area contributed by atoms with Crippen molar-refractivity contribution in [1.29, 1.82) is 0 Å². The van der Waals surface area contributed by atoms with E-state index in [2.05, 4.69) is 12.2 Å². The van der Waals surface area contributed by atoms with Crippen LogP contribution in [0.25, 0.3) is 0 Å². The number of piperidine rings is 1. The lowest BCUT2D eigenvalue weighted by molar-refractivity contribution is 0.0811. The molecule has 2 rings (SSSR count). The molecule has 2 atom stereocenters. The fraction of sp³-hybridized carbons (Fsp3) is 0.562. The summed E-state index contributed by atoms with van der Waals surface area (Å²) in [6.45, 7) is 4.71. The van der Waals surface area contributed by atoms with E-state index in [-0.39, 0.29) is 18.7 Å². The van der Waals surface area contributed by atoms with Crippen molar-refractivity contribution in [2.45, 2.75) is 32.7 Å². The van der Waals surface area contributed by atoms with Crippen LogP contribution in [0.5, 0.6) is 5.75 Å². The number of nitrogens with one attached hydrogen (secondary N) is 1. The summed E-state index contributed by atoms with van der Waals surface area (Å²) in [7, 11) is 1.62. The number of aryl methyl sites for hydroxylation is 1. The van der Waals surface area contributed by atoms with Gasteiger partial charge in [0.2, 0.25) is 0 Å². The van der Waals surface area contributed by atoms with E-state index in [1.807, 2.05) is 25.1 Å². The molecule has 1 aliphatic heterocycles. The number of carbonyl (C=O) groups excluding carboxylic acids is 1. The topological polar surface area (TPSA) is 61.8 Å². The number of aliphatic hydroxyl groups is 1. The van der Waals surface area contributed by atoms with Crippen molar-refractivity contribution in [3.05, 3.63) is 23.8 Å². The van der Waals surface area contributed by atoms with Crippen LogP contribution in [0.15, 0.2) is 18.2 Å². The number of ether oxygens (including phenoxy) is 1. The molecule has 0 radical (unpaired) electrons. The van der Waals surface area contributed by atoms with Crippen molar-refractivity contribution < 1.29 is 14.6 Å². The summed E-state index contributed by atoms with van der Waals surface area (Å²) in [6, 6.07) is 5.31. The molecule has 2 unspecified atom stereocenters. The number of benzene rings is 1. The molecule has 5 nitrogen and oxygen atoms in total. The number of aliphatic hydroxyl groups excluding tert-OH is 1. The summed E-state index contributed by atoms with van der Waals surface area (Å²) in [5.74, 6) is 1.09. The molecule has 0 spiro atoms. The Balaban J connectivity index is 2.10. The smallest absolute Gasteiger partial charge is 0.322 e. The van der Waals surface area contributed by atoms with Crippen LogP contribution >= 0.6 is 0 Å². The number of amides is 2. The molecule has 1 aromatic rings. The van der Waals surface area contributed by atoms with Gasteiger partial charge in [0.05, 0.1) is 19.8 Å². The van der Waals surface area contributed by atoms with Gasteiger partial charge in [0.25, 0.3) is 0 Å². The second-order valence-corrected chi connectivity index (χ2v) is 5.67. The summed E-state index contributed by atoms with van der Waals surface area (Å²) in [5, 5.41) is 12.5. The Bertz CT molecular complexity index is 504. The minimum Gasteiger partial charge on any atom is -0.497 e. The molecule has 0 bridgehead atoms. The van der Waals surface area contributed by atoms with Gasteiger partial charge in [0.1, 0.15) is 5.75 Å². The first-order valence-corrected chi connectivity index (χ1v) is 7.40. The fourth-order valence-corrected chi connectivity index (χ4v) is 2.87. The summed E-state index contributed by atoms with van der Waals surface area (Å²) in [5.41, 5.74) is 1.73. The number of anilines is 1. The first kappa shape index (κ1) is 15.6. The monoisotopic (exact) mass is 292 g/mol. The molecule has 0 aliphatic carbocycles. The Morgan fingerprint density at radius 3 is 2.90 bits per heavy atom. The summed E-state index contributed by atoms with van der Waals surface area (Å²) in [6.07, 6.45) is 2.03. The second kappa shape index (κ2) is 6.80. The molecule has 1 aromatic carbocycles. The van der Waals surface area contributed by atoms with Gasteiger partial charge in [-0.1, -0.05) is 6.92 Å². The molecule has 21 heavy (non-hydrogen) atoms. The molecule has 1 aliphatic rings. The lowest BCUT2D eigenvalue weighted by atomic mass is 9.91. The molecular formula is C16H24N2O3. The Labute approximate surface area is 125 Å². The third-order valence-corrected chi connectivity index (χ3v) is 4.24. The maximum atomic E-state index is 12.5. The predicted molar refractivity (Wildman–Crippen MR) is 82.7 cm³/mol. The van der Waals surface area contributed by atoms with Crippen molar-refractivity contribution >= 4 is 11.7 Å². The highest BCUT2D eigenvalue weighted by molar-refractivity contribution is 5.90. The number of rotatable bonds is 3. The highest BCUT2D eigenvalue weighted by atomic mass is 16.5. The van der Waals surface area contributed by atoms with E-state index in [4.69, 9.17) is 4.74 Å². The van der Waals surface area contributed by atoms with E-state index >= 15 is 0 Å². The van der Waals surface area contributed by atoms with Crippen molar-refractivity contribution in [3.63, 3.8) is 0 Å². The summed E-state index contributed by atoms with van der Waals surface area (Å²) >= 11 is 0. The first-order valence-electron chi connectivity index (χ1n) is 7.40. The van der Waals surface area contributed by atoms with Crippen LogP contribution in [-0.2, 0) is 0 Å². The number of nitrogens with zero attached hydrogens (tertiary/aromatic N) is 1. The number of hydrogen-bond acceptors (Lipinski definition) is 3. The number of urea groups is 1. The molecule has 1 heterocycles. The summed E-state index contributed by atoms with van der Waals surface area (Å²) < 4.78 is 5.16. The normalized spacial score (nSPS) is 22.0. The van der Waals surface area contributed by atoms with Crippen LogP contribution in [0.4, 0.5) is 10.5 Å². The quantitative estimate of drug-likeness (QED) is 0.900. The standard InChI is InChI=1S/C16H24N2O3/c1-11-5-4-8-18(15(11)10-19)16(20)17-14-7-6-13(21-3)9-12(14)2/h6-7,9,11,15,19H,4-5,8,10H2,1-3H3,(H,17,20). The van der Waals surface area contributed by atoms with Crippen LogP contribution in [0.1, 0.15) is 25.3 Å². The van der Waals surface area contributed by atoms with Crippen LogP contribution < -0.4 is 10.1 Å². The van der Waals surface area contributed by atoms with Gasteiger partial charge in [-0.2, -0.15) is 0 Å². The first-order chi connectivity index (χ1) is 10.1. The number of likely N-dealkylation sites (tertiary alicyclic amines) is 1. The Kier molecular flexibility index (Phi) is 5.07. The zero-order chi connectivity index (χ0) is 15.4. The molecule has 116 valence electrons. The maximum Gasteiger partial charge on any atom is 0.322 e. The van der Waals surface area contributed by atoms with Crippen LogP contribution in [0.3, 0.4) is 0 Å². The zero-order valence-corrected chi connectivity index (χ0v) is 12.9. The van der Waals surface area contributed by atoms with Gasteiger partial charge < -0.3 is 20.1 Å². The van der Waals surface area contributed by atoms with Crippen molar-refractivity contribution in [2.75, 3.05) is 25.6 Å². The number of carbonyl (C=O) groups is 1. The van der Waals surface area contributed by atoms with Gasteiger partial charge in [-0.25, -0.2) is 4.79 Å². The largest absolute Gasteiger partial charge is 0.497 e. The lowest BCUT2D eigenvalue weighted by Crippen LogP contribution is -2.51. The van der Waals surface area contributed by atoms with Gasteiger partial charge in [-0.05, 0) is 49.4 Å². The van der Waals surface area contributed by atoms with Crippen molar-refractivity contribution in [1.82, 2.24) is 4.90 Å². The van der Waals surface area contributed by atoms with Gasteiger partial charge in [0, 0.05) is 12.2 Å². The average molecular weight is 292 g/mol. The van der Waals surface area contributed by atoms with E-state index in [1.54, 1.807) is 12.0 Å². The Hall–Kier alpha value is -1.75. The van der Waals surface area contributed by atoms with Crippen molar-refractivity contribution in [2.24, 2.45) is 5.92 Å². The summed E-state index contributed by atoms with van der Waals surface area (Å²) in [4.78, 5) is 14.2. The van der Waals surface area contributed by atoms with Gasteiger partial charge >= 0.3 is 6.03 Å². The molecule has 2 amide bonds. The lowest BCUT2D eigenvalue weighted by Gasteiger charge is -2.39. The van der Waals surface area contributed by atoms with Gasteiger partial charge in [0.15, 0.2) is 0 Å². The highest BCUT2D eigenvalue weighted by Crippen LogP contribution is 2.25. The second-order valence-electron chi connectivity index (χ2n) is 5.67. The van der Waals surface area contributed by atoms with Gasteiger partial charge in [-0.15, -0.1) is 0 Å². The molecule has 0 saturated carbocycles.